The minimum absolute atomic E-state index is 0.241. The van der Waals surface area contributed by atoms with Gasteiger partial charge in [-0.1, -0.05) is 23.2 Å². The van der Waals surface area contributed by atoms with Crippen LogP contribution < -0.4 is 5.32 Å². The fraction of sp³-hybridized carbons (Fsp3) is 0.273. The first-order valence-electron chi connectivity index (χ1n) is 9.30. The highest BCUT2D eigenvalue weighted by Gasteiger charge is 2.22. The van der Waals surface area contributed by atoms with Gasteiger partial charge >= 0.3 is 5.97 Å². The second kappa shape index (κ2) is 7.78. The minimum atomic E-state index is -0.963. The number of carboxylic acid groups (broad SMARTS) is 1. The van der Waals surface area contributed by atoms with Crippen molar-refractivity contribution < 1.29 is 14.6 Å². The Morgan fingerprint density at radius 3 is 2.75 bits per heavy atom. The molecule has 5 nitrogen and oxygen atoms in total. The summed E-state index contributed by atoms with van der Waals surface area (Å²) in [5, 5.41) is 14.5. The number of halogens is 1. The lowest BCUT2D eigenvalue weighted by Crippen LogP contribution is -2.16. The van der Waals surface area contributed by atoms with Gasteiger partial charge in [-0.05, 0) is 61.6 Å². The number of nitrogens with zero attached hydrogens (tertiary/aromatic N) is 1. The predicted molar refractivity (Wildman–Crippen MR) is 111 cm³/mol. The van der Waals surface area contributed by atoms with E-state index in [1.54, 1.807) is 6.07 Å². The van der Waals surface area contributed by atoms with Crippen molar-refractivity contribution in [3.8, 4) is 0 Å². The van der Waals surface area contributed by atoms with Crippen molar-refractivity contribution in [2.75, 3.05) is 18.5 Å². The monoisotopic (exact) mass is 396 g/mol. The average Bonchev–Trinajstić information content (AvgIpc) is 2.70. The van der Waals surface area contributed by atoms with Gasteiger partial charge < -0.3 is 15.2 Å². The number of aromatic nitrogens is 1. The van der Waals surface area contributed by atoms with Gasteiger partial charge in [-0.2, -0.15) is 0 Å². The Labute approximate surface area is 168 Å². The molecule has 0 radical (unpaired) electrons. The molecule has 0 saturated carbocycles. The number of benzene rings is 2. The van der Waals surface area contributed by atoms with E-state index in [9.17, 15) is 9.90 Å². The molecule has 1 aliphatic heterocycles. The lowest BCUT2D eigenvalue weighted by atomic mass is 9.90. The highest BCUT2D eigenvalue weighted by molar-refractivity contribution is 6.31. The number of carboxylic acids is 1. The van der Waals surface area contributed by atoms with Crippen LogP contribution in [-0.4, -0.2) is 29.3 Å². The Bertz CT molecular complexity index is 1050. The van der Waals surface area contributed by atoms with Crippen LogP contribution in [0, 0.1) is 6.92 Å². The molecule has 0 aliphatic carbocycles. The third-order valence-corrected chi connectivity index (χ3v) is 5.42. The van der Waals surface area contributed by atoms with E-state index in [1.807, 2.05) is 43.5 Å². The molecule has 6 heteroatoms. The molecule has 1 aromatic heterocycles. The molecule has 1 saturated heterocycles. The maximum atomic E-state index is 11.8. The van der Waals surface area contributed by atoms with Crippen LogP contribution in [0.1, 0.15) is 40.2 Å². The van der Waals surface area contributed by atoms with Crippen LogP contribution in [0.2, 0.25) is 5.02 Å². The van der Waals surface area contributed by atoms with Crippen molar-refractivity contribution in [2.45, 2.75) is 25.7 Å². The minimum Gasteiger partial charge on any atom is -0.478 e. The van der Waals surface area contributed by atoms with Gasteiger partial charge in [-0.25, -0.2) is 4.79 Å². The van der Waals surface area contributed by atoms with Crippen LogP contribution in [-0.2, 0) is 4.74 Å². The van der Waals surface area contributed by atoms with Crippen LogP contribution in [0.5, 0.6) is 0 Å². The first-order chi connectivity index (χ1) is 13.5. The van der Waals surface area contributed by atoms with Crippen LogP contribution >= 0.6 is 11.6 Å². The van der Waals surface area contributed by atoms with E-state index in [-0.39, 0.29) is 5.56 Å². The topological polar surface area (TPSA) is 71.5 Å². The quantitative estimate of drug-likeness (QED) is 0.606. The van der Waals surface area contributed by atoms with E-state index in [0.717, 1.165) is 40.6 Å². The molecule has 0 spiro atoms. The third-order valence-electron chi connectivity index (χ3n) is 5.19. The molecule has 0 atom stereocenters. The second-order valence-corrected chi connectivity index (χ2v) is 7.55. The van der Waals surface area contributed by atoms with E-state index in [0.29, 0.717) is 29.8 Å². The maximum Gasteiger partial charge on any atom is 0.337 e. The first kappa shape index (κ1) is 18.7. The SMILES string of the molecule is Cc1ccc(Nc2c(C3CCOCC3)cnc3ccc(Cl)cc23)c(C(=O)O)c1. The van der Waals surface area contributed by atoms with E-state index in [2.05, 4.69) is 10.3 Å². The Kier molecular flexibility index (Phi) is 5.20. The van der Waals surface area contributed by atoms with Gasteiger partial charge in [-0.15, -0.1) is 0 Å². The molecule has 144 valence electrons. The Balaban J connectivity index is 1.88. The fourth-order valence-electron chi connectivity index (χ4n) is 3.72. The number of pyridine rings is 1. The predicted octanol–water partition coefficient (Wildman–Crippen LogP) is 5.53. The van der Waals surface area contributed by atoms with Gasteiger partial charge in [0.25, 0.3) is 0 Å². The zero-order valence-corrected chi connectivity index (χ0v) is 16.3. The molecule has 2 N–H and O–H groups in total. The van der Waals surface area contributed by atoms with E-state index < -0.39 is 5.97 Å². The van der Waals surface area contributed by atoms with Gasteiger partial charge in [0.15, 0.2) is 0 Å². The van der Waals surface area contributed by atoms with E-state index in [4.69, 9.17) is 16.3 Å². The van der Waals surface area contributed by atoms with Gasteiger partial charge in [0, 0.05) is 29.8 Å². The Morgan fingerprint density at radius 2 is 2.00 bits per heavy atom. The number of fused-ring (bicyclic) bond motifs is 1. The van der Waals surface area contributed by atoms with Crippen molar-refractivity contribution in [3.05, 3.63) is 64.3 Å². The normalized spacial score (nSPS) is 14.9. The summed E-state index contributed by atoms with van der Waals surface area (Å²) in [5.74, 6) is -0.666. The number of aryl methyl sites for hydroxylation is 1. The standard InChI is InChI=1S/C22H21ClN2O3/c1-13-2-4-20(17(10-13)22(26)27)25-21-16-11-15(23)3-5-19(16)24-12-18(21)14-6-8-28-9-7-14/h2-5,10-12,14H,6-9H2,1H3,(H,24,25)(H,26,27). The summed E-state index contributed by atoms with van der Waals surface area (Å²) in [6, 6.07) is 11.0. The van der Waals surface area contributed by atoms with E-state index in [1.165, 1.54) is 0 Å². The van der Waals surface area contributed by atoms with Gasteiger partial charge in [-0.3, -0.25) is 4.98 Å². The lowest BCUT2D eigenvalue weighted by Gasteiger charge is -2.26. The third kappa shape index (κ3) is 3.68. The fourth-order valence-corrected chi connectivity index (χ4v) is 3.89. The average molecular weight is 397 g/mol. The molecule has 0 bridgehead atoms. The summed E-state index contributed by atoms with van der Waals surface area (Å²) in [7, 11) is 0. The van der Waals surface area contributed by atoms with Crippen molar-refractivity contribution in [1.82, 2.24) is 4.98 Å². The van der Waals surface area contributed by atoms with Crippen molar-refractivity contribution in [2.24, 2.45) is 0 Å². The molecule has 28 heavy (non-hydrogen) atoms. The summed E-state index contributed by atoms with van der Waals surface area (Å²) >= 11 is 6.26. The van der Waals surface area contributed by atoms with Crippen molar-refractivity contribution in [1.29, 1.82) is 0 Å². The van der Waals surface area contributed by atoms with Crippen molar-refractivity contribution in [3.63, 3.8) is 0 Å². The molecule has 3 aromatic rings. The smallest absolute Gasteiger partial charge is 0.337 e. The zero-order valence-electron chi connectivity index (χ0n) is 15.5. The summed E-state index contributed by atoms with van der Waals surface area (Å²) in [6.07, 6.45) is 3.70. The van der Waals surface area contributed by atoms with Crippen LogP contribution in [0.3, 0.4) is 0 Å². The number of ether oxygens (including phenoxy) is 1. The van der Waals surface area contributed by atoms with Crippen LogP contribution in [0.4, 0.5) is 11.4 Å². The number of hydrogen-bond acceptors (Lipinski definition) is 4. The number of rotatable bonds is 4. The number of hydrogen-bond donors (Lipinski definition) is 2. The first-order valence-corrected chi connectivity index (χ1v) is 9.67. The molecule has 0 unspecified atom stereocenters. The number of nitrogens with one attached hydrogen (secondary N) is 1. The number of aromatic carboxylic acids is 1. The molecular formula is C22H21ClN2O3. The molecule has 1 aliphatic rings. The molecule has 2 aromatic carbocycles. The summed E-state index contributed by atoms with van der Waals surface area (Å²) in [5.41, 5.74) is 4.44. The molecule has 1 fully saturated rings. The summed E-state index contributed by atoms with van der Waals surface area (Å²) in [6.45, 7) is 3.30. The lowest BCUT2D eigenvalue weighted by molar-refractivity contribution is 0.0698. The van der Waals surface area contributed by atoms with Crippen molar-refractivity contribution >= 4 is 39.8 Å². The summed E-state index contributed by atoms with van der Waals surface area (Å²) in [4.78, 5) is 16.4. The summed E-state index contributed by atoms with van der Waals surface area (Å²) < 4.78 is 5.51. The molecule has 0 amide bonds. The maximum absolute atomic E-state index is 11.8. The Hall–Kier alpha value is -2.63. The second-order valence-electron chi connectivity index (χ2n) is 7.12. The molecular weight excluding hydrogens is 376 g/mol. The number of carbonyl (C=O) groups is 1. The number of anilines is 2. The van der Waals surface area contributed by atoms with Crippen LogP contribution in [0.15, 0.2) is 42.6 Å². The highest BCUT2D eigenvalue weighted by atomic mass is 35.5. The van der Waals surface area contributed by atoms with Gasteiger partial charge in [0.2, 0.25) is 0 Å². The van der Waals surface area contributed by atoms with Gasteiger partial charge in [0.1, 0.15) is 0 Å². The van der Waals surface area contributed by atoms with E-state index >= 15 is 0 Å². The zero-order chi connectivity index (χ0) is 19.7. The largest absolute Gasteiger partial charge is 0.478 e. The molecule has 4 rings (SSSR count). The van der Waals surface area contributed by atoms with Crippen LogP contribution in [0.25, 0.3) is 10.9 Å². The highest BCUT2D eigenvalue weighted by Crippen LogP contribution is 2.39. The van der Waals surface area contributed by atoms with Gasteiger partial charge in [0.05, 0.1) is 22.5 Å². The Morgan fingerprint density at radius 1 is 1.21 bits per heavy atom. The molecule has 2 heterocycles.